The van der Waals surface area contributed by atoms with Crippen molar-refractivity contribution in [2.45, 2.75) is 65.2 Å². The quantitative estimate of drug-likeness (QED) is 0.343. The molecule has 2 unspecified atom stereocenters. The van der Waals surface area contributed by atoms with Gasteiger partial charge in [0.1, 0.15) is 11.7 Å². The summed E-state index contributed by atoms with van der Waals surface area (Å²) < 4.78 is 2.05. The first-order valence-corrected chi connectivity index (χ1v) is 9.95. The molecule has 0 bridgehead atoms. The molecule has 0 spiro atoms. The van der Waals surface area contributed by atoms with Crippen LogP contribution in [0.15, 0.2) is 12.2 Å². The molecule has 108 valence electrons. The highest BCUT2D eigenvalue weighted by Crippen LogP contribution is 2.45. The van der Waals surface area contributed by atoms with Gasteiger partial charge >= 0.3 is 0 Å². The Morgan fingerprint density at radius 3 is 2.26 bits per heavy atom. The topological polar surface area (TPSA) is 37.4 Å². The fourth-order valence-corrected chi connectivity index (χ4v) is 5.05. The molecule has 19 heavy (non-hydrogen) atoms. The highest BCUT2D eigenvalue weighted by Gasteiger charge is 2.57. The number of nitrogens with zero attached hydrogens (tertiary/aromatic N) is 1. The lowest BCUT2D eigenvalue weighted by molar-refractivity contribution is -0.153. The predicted molar refractivity (Wildman–Crippen MR) is 81.4 cm³/mol. The molecule has 1 rings (SSSR count). The zero-order valence-electron chi connectivity index (χ0n) is 13.3. The molecule has 0 radical (unpaired) electrons. The lowest BCUT2D eigenvalue weighted by atomic mass is 9.85. The molecular weight excluding hydrogens is 254 g/mol. The van der Waals surface area contributed by atoms with Gasteiger partial charge in [-0.2, -0.15) is 0 Å². The molecule has 0 aromatic rings. The Morgan fingerprint density at radius 2 is 1.89 bits per heavy atom. The maximum absolute atomic E-state index is 12.4. The number of hydrogen-bond donors (Lipinski definition) is 0. The average molecular weight is 281 g/mol. The van der Waals surface area contributed by atoms with E-state index in [0.29, 0.717) is 0 Å². The second-order valence-electron chi connectivity index (χ2n) is 6.98. The third-order valence-corrected chi connectivity index (χ3v) is 10.1. The van der Waals surface area contributed by atoms with Gasteiger partial charge in [-0.1, -0.05) is 46.0 Å². The molecule has 0 N–H and O–H groups in total. The highest BCUT2D eigenvalue weighted by atomic mass is 28.3. The van der Waals surface area contributed by atoms with Crippen molar-refractivity contribution in [1.29, 1.82) is 0 Å². The zero-order valence-corrected chi connectivity index (χ0v) is 14.3. The van der Waals surface area contributed by atoms with E-state index in [0.717, 1.165) is 6.42 Å². The molecule has 3 nitrogen and oxygen atoms in total. The molecule has 0 saturated carbocycles. The van der Waals surface area contributed by atoms with E-state index in [-0.39, 0.29) is 22.8 Å². The molecule has 2 atom stereocenters. The molecule has 1 aliphatic rings. The van der Waals surface area contributed by atoms with Crippen LogP contribution in [0.1, 0.15) is 41.0 Å². The summed E-state index contributed by atoms with van der Waals surface area (Å²) in [5.41, 5.74) is 0. The van der Waals surface area contributed by atoms with Crippen LogP contribution in [0.5, 0.6) is 0 Å². The van der Waals surface area contributed by atoms with Crippen molar-refractivity contribution in [3.8, 4) is 0 Å². The van der Waals surface area contributed by atoms with Gasteiger partial charge in [0, 0.05) is 6.04 Å². The maximum Gasteiger partial charge on any atom is 0.227 e. The van der Waals surface area contributed by atoms with Gasteiger partial charge in [0.2, 0.25) is 5.91 Å². The monoisotopic (exact) mass is 281 g/mol. The van der Waals surface area contributed by atoms with E-state index in [2.05, 4.69) is 44.5 Å². The van der Waals surface area contributed by atoms with E-state index >= 15 is 0 Å². The van der Waals surface area contributed by atoms with E-state index in [1.54, 1.807) is 0 Å². The van der Waals surface area contributed by atoms with Crippen LogP contribution in [0.4, 0.5) is 0 Å². The van der Waals surface area contributed by atoms with Gasteiger partial charge in [0.25, 0.3) is 0 Å². The zero-order chi connectivity index (χ0) is 15.0. The Balaban J connectivity index is 3.06. The average Bonchev–Trinajstić information content (AvgIpc) is 2.20. The first-order chi connectivity index (χ1) is 8.55. The fraction of sp³-hybridized carbons (Fsp3) is 0.733. The van der Waals surface area contributed by atoms with Gasteiger partial charge in [0.05, 0.1) is 0 Å². The molecule has 1 fully saturated rings. The van der Waals surface area contributed by atoms with Crippen LogP contribution in [-0.2, 0) is 9.59 Å². The summed E-state index contributed by atoms with van der Waals surface area (Å²) in [6.45, 7) is 14.5. The minimum Gasteiger partial charge on any atom is -0.364 e. The number of amides is 1. The minimum absolute atomic E-state index is 0.00876. The van der Waals surface area contributed by atoms with Crippen LogP contribution < -0.4 is 0 Å². The van der Waals surface area contributed by atoms with Gasteiger partial charge < -0.3 is 4.57 Å². The maximum atomic E-state index is 12.4. The fourth-order valence-electron chi connectivity index (χ4n) is 2.56. The summed E-state index contributed by atoms with van der Waals surface area (Å²) in [6, 6.07) is 0.0714. The van der Waals surface area contributed by atoms with E-state index < -0.39 is 14.2 Å². The van der Waals surface area contributed by atoms with E-state index in [4.69, 9.17) is 0 Å². The van der Waals surface area contributed by atoms with Gasteiger partial charge in [0.15, 0.2) is 8.24 Å². The smallest absolute Gasteiger partial charge is 0.227 e. The van der Waals surface area contributed by atoms with Crippen molar-refractivity contribution < 1.29 is 9.59 Å². The second kappa shape index (κ2) is 5.23. The summed E-state index contributed by atoms with van der Waals surface area (Å²) in [5, 5.41) is 0.110. The number of allylic oxidation sites excluding steroid dienone is 1. The third-order valence-electron chi connectivity index (χ3n) is 4.71. The molecule has 0 aromatic heterocycles. The van der Waals surface area contributed by atoms with E-state index in [1.165, 1.54) is 6.92 Å². The lowest BCUT2D eigenvalue weighted by Gasteiger charge is -2.57. The van der Waals surface area contributed by atoms with E-state index in [1.807, 2.05) is 13.0 Å². The predicted octanol–water partition coefficient (Wildman–Crippen LogP) is 3.37. The third kappa shape index (κ3) is 2.68. The standard InChI is InChI=1S/C15H27NO2Si/c1-8-9-10-12-13(11(2)17)14(18)16(12)19(6,7)15(3,4)5/h8-9,12-13H,10H2,1-7H3. The highest BCUT2D eigenvalue weighted by molar-refractivity contribution is 6.80. The van der Waals surface area contributed by atoms with E-state index in [9.17, 15) is 9.59 Å². The second-order valence-corrected chi connectivity index (χ2v) is 12.1. The summed E-state index contributed by atoms with van der Waals surface area (Å²) in [4.78, 5) is 24.1. The largest absolute Gasteiger partial charge is 0.364 e. The van der Waals surface area contributed by atoms with Gasteiger partial charge in [-0.05, 0) is 25.3 Å². The van der Waals surface area contributed by atoms with Crippen LogP contribution in [-0.4, -0.2) is 30.5 Å². The first kappa shape index (κ1) is 16.2. The van der Waals surface area contributed by atoms with Crippen molar-refractivity contribution in [3.05, 3.63) is 12.2 Å². The summed E-state index contributed by atoms with van der Waals surface area (Å²) in [7, 11) is -1.89. The van der Waals surface area contributed by atoms with Crippen molar-refractivity contribution in [1.82, 2.24) is 4.57 Å². The van der Waals surface area contributed by atoms with Crippen molar-refractivity contribution in [3.63, 3.8) is 0 Å². The first-order valence-electron chi connectivity index (χ1n) is 7.00. The van der Waals surface area contributed by atoms with Crippen LogP contribution in [0.25, 0.3) is 0 Å². The number of carbonyl (C=O) groups is 2. The molecule has 1 saturated heterocycles. The number of Topliss-reactive ketones (excluding diaryl/α,β-unsaturated/α-hetero) is 1. The summed E-state index contributed by atoms with van der Waals surface area (Å²) in [5.74, 6) is -0.353. The van der Waals surface area contributed by atoms with Gasteiger partial charge in [-0.15, -0.1) is 0 Å². The van der Waals surface area contributed by atoms with Crippen LogP contribution in [0.3, 0.4) is 0 Å². The number of hydrogen-bond acceptors (Lipinski definition) is 2. The Hall–Kier alpha value is -0.903. The lowest BCUT2D eigenvalue weighted by Crippen LogP contribution is -2.73. The number of ketones is 1. The Kier molecular flexibility index (Phi) is 4.45. The van der Waals surface area contributed by atoms with Crippen molar-refractivity contribution in [2.75, 3.05) is 0 Å². The van der Waals surface area contributed by atoms with Crippen molar-refractivity contribution >= 4 is 19.9 Å². The van der Waals surface area contributed by atoms with Crippen LogP contribution >= 0.6 is 0 Å². The number of β-lactam (4-membered cyclic amide) rings is 1. The normalized spacial score (nSPS) is 24.8. The summed E-state index contributed by atoms with van der Waals surface area (Å²) in [6.07, 6.45) is 4.84. The molecule has 0 aliphatic carbocycles. The Morgan fingerprint density at radius 1 is 1.37 bits per heavy atom. The summed E-state index contributed by atoms with van der Waals surface area (Å²) >= 11 is 0. The van der Waals surface area contributed by atoms with Gasteiger partial charge in [-0.25, -0.2) is 0 Å². The molecule has 0 aromatic carbocycles. The molecule has 4 heteroatoms. The van der Waals surface area contributed by atoms with Gasteiger partial charge in [-0.3, -0.25) is 9.59 Å². The van der Waals surface area contributed by atoms with Crippen molar-refractivity contribution in [2.24, 2.45) is 5.92 Å². The van der Waals surface area contributed by atoms with Crippen LogP contribution in [0.2, 0.25) is 18.1 Å². The van der Waals surface area contributed by atoms with Crippen LogP contribution in [0, 0.1) is 5.92 Å². The Bertz CT molecular complexity index is 407. The number of rotatable bonds is 4. The minimum atomic E-state index is -1.89. The SMILES string of the molecule is CC=CCC1C(C(C)=O)C(=O)N1[Si](C)(C)C(C)(C)C. The molecular formula is C15H27NO2Si. The molecule has 1 aliphatic heterocycles. The Labute approximate surface area is 118 Å². The number of carbonyl (C=O) groups excluding carboxylic acids is 2. The molecule has 1 heterocycles. The molecule has 1 amide bonds.